The number of thiazole rings is 1. The maximum absolute atomic E-state index is 4.69. The maximum Gasteiger partial charge on any atom is 0.228 e. The Kier molecular flexibility index (Phi) is 6.24. The first-order valence-corrected chi connectivity index (χ1v) is 11.4. The van der Waals surface area contributed by atoms with Crippen LogP contribution in [0.3, 0.4) is 0 Å². The highest BCUT2D eigenvalue weighted by atomic mass is 32.1. The summed E-state index contributed by atoms with van der Waals surface area (Å²) >= 11 is 1.70. The molecule has 8 heteroatoms. The number of likely N-dealkylation sites (N-methyl/N-ethyl adjacent to an activating group) is 1. The van der Waals surface area contributed by atoms with Crippen molar-refractivity contribution in [2.45, 2.75) is 33.6 Å². The molecule has 0 radical (unpaired) electrons. The molecule has 1 fully saturated rings. The summed E-state index contributed by atoms with van der Waals surface area (Å²) < 4.78 is 0. The molecule has 0 amide bonds. The first kappa shape index (κ1) is 20.7. The third kappa shape index (κ3) is 4.60. The molecule has 0 aliphatic carbocycles. The molecule has 4 rings (SSSR count). The topological polar surface area (TPSA) is 70.1 Å². The van der Waals surface area contributed by atoms with Crippen LogP contribution in [0.4, 0.5) is 17.5 Å². The average Bonchev–Trinajstić information content (AvgIpc) is 3.17. The molecule has 3 aromatic rings. The van der Waals surface area contributed by atoms with E-state index in [4.69, 9.17) is 4.98 Å². The van der Waals surface area contributed by atoms with Gasteiger partial charge in [0.05, 0.1) is 33.2 Å². The number of piperazine rings is 1. The van der Waals surface area contributed by atoms with E-state index in [-0.39, 0.29) is 0 Å². The number of nitrogens with zero attached hydrogens (tertiary/aromatic N) is 6. The van der Waals surface area contributed by atoms with Gasteiger partial charge in [-0.3, -0.25) is 0 Å². The summed E-state index contributed by atoms with van der Waals surface area (Å²) in [5.74, 6) is 1.70. The van der Waals surface area contributed by atoms with Crippen LogP contribution in [0.2, 0.25) is 0 Å². The van der Waals surface area contributed by atoms with Gasteiger partial charge in [0.15, 0.2) is 0 Å². The molecule has 0 bridgehead atoms. The number of aromatic nitrogens is 4. The van der Waals surface area contributed by atoms with Crippen molar-refractivity contribution >= 4 is 28.8 Å². The van der Waals surface area contributed by atoms with Gasteiger partial charge >= 0.3 is 0 Å². The zero-order chi connectivity index (χ0) is 21.1. The highest BCUT2D eigenvalue weighted by Crippen LogP contribution is 2.32. The van der Waals surface area contributed by atoms with Gasteiger partial charge in [-0.05, 0) is 31.7 Å². The molecule has 1 N–H and O–H groups in total. The lowest BCUT2D eigenvalue weighted by molar-refractivity contribution is 0.271. The molecule has 4 heterocycles. The fraction of sp³-hybridized carbons (Fsp3) is 0.455. The van der Waals surface area contributed by atoms with Crippen molar-refractivity contribution in [3.63, 3.8) is 0 Å². The second kappa shape index (κ2) is 9.06. The van der Waals surface area contributed by atoms with Crippen molar-refractivity contribution in [1.29, 1.82) is 0 Å². The number of hydrogen-bond donors (Lipinski definition) is 1. The predicted molar refractivity (Wildman–Crippen MR) is 124 cm³/mol. The lowest BCUT2D eigenvalue weighted by atomic mass is 10.2. The molecule has 0 aromatic carbocycles. The zero-order valence-corrected chi connectivity index (χ0v) is 18.9. The van der Waals surface area contributed by atoms with Gasteiger partial charge in [-0.25, -0.2) is 19.9 Å². The first-order chi connectivity index (χ1) is 14.5. The molecule has 158 valence electrons. The monoisotopic (exact) mass is 423 g/mol. The van der Waals surface area contributed by atoms with E-state index in [2.05, 4.69) is 56.9 Å². The molecule has 1 aliphatic heterocycles. The van der Waals surface area contributed by atoms with Crippen LogP contribution in [0, 0.1) is 6.92 Å². The molecular formula is C22H29N7S. The lowest BCUT2D eigenvalue weighted by Crippen LogP contribution is -2.46. The zero-order valence-electron chi connectivity index (χ0n) is 18.1. The summed E-state index contributed by atoms with van der Waals surface area (Å²) in [6, 6.07) is 6.04. The Morgan fingerprint density at radius 3 is 2.50 bits per heavy atom. The van der Waals surface area contributed by atoms with Gasteiger partial charge < -0.3 is 15.1 Å². The Labute approximate surface area is 182 Å². The largest absolute Gasteiger partial charge is 0.368 e. The summed E-state index contributed by atoms with van der Waals surface area (Å²) in [5, 5.41) is 4.37. The van der Waals surface area contributed by atoms with Crippen LogP contribution in [0.5, 0.6) is 0 Å². The Morgan fingerprint density at radius 2 is 1.87 bits per heavy atom. The molecular weight excluding hydrogens is 394 g/mol. The van der Waals surface area contributed by atoms with Gasteiger partial charge in [0.25, 0.3) is 0 Å². The van der Waals surface area contributed by atoms with Crippen molar-refractivity contribution < 1.29 is 0 Å². The normalized spacial score (nSPS) is 15.0. The molecule has 1 aliphatic rings. The summed E-state index contributed by atoms with van der Waals surface area (Å²) in [7, 11) is 0. The van der Waals surface area contributed by atoms with Crippen LogP contribution in [0.1, 0.15) is 37.4 Å². The van der Waals surface area contributed by atoms with Gasteiger partial charge in [0.1, 0.15) is 5.82 Å². The van der Waals surface area contributed by atoms with Crippen LogP contribution in [0.15, 0.2) is 30.6 Å². The minimum atomic E-state index is 0.412. The molecule has 7 nitrogen and oxygen atoms in total. The van der Waals surface area contributed by atoms with Crippen LogP contribution in [-0.4, -0.2) is 57.6 Å². The van der Waals surface area contributed by atoms with Crippen molar-refractivity contribution in [1.82, 2.24) is 24.8 Å². The predicted octanol–water partition coefficient (Wildman–Crippen LogP) is 4.31. The number of nitrogens with one attached hydrogen (secondary N) is 1. The molecule has 0 spiro atoms. The third-order valence-corrected chi connectivity index (χ3v) is 6.85. The Balaban J connectivity index is 1.45. The Morgan fingerprint density at radius 1 is 1.07 bits per heavy atom. The molecule has 3 aromatic heterocycles. The van der Waals surface area contributed by atoms with E-state index in [0.29, 0.717) is 11.9 Å². The number of aryl methyl sites for hydroxylation is 1. The Hall–Kier alpha value is -2.58. The van der Waals surface area contributed by atoms with Gasteiger partial charge in [0, 0.05) is 38.3 Å². The number of rotatable bonds is 6. The van der Waals surface area contributed by atoms with Crippen LogP contribution >= 0.6 is 11.3 Å². The fourth-order valence-electron chi connectivity index (χ4n) is 3.53. The standard InChI is InChI=1S/C22H29N7S/c1-5-28-10-12-29(13-11-28)17-6-7-19(24-14-17)27-22-23-9-8-18(26-22)20-16(4)25-21(30-20)15(2)3/h6-9,14-15H,5,10-13H2,1-4H3,(H,23,24,26,27). The van der Waals surface area contributed by atoms with Crippen molar-refractivity contribution in [2.75, 3.05) is 42.9 Å². The van der Waals surface area contributed by atoms with E-state index >= 15 is 0 Å². The summed E-state index contributed by atoms with van der Waals surface area (Å²) in [6.45, 7) is 14.0. The molecule has 1 saturated heterocycles. The third-order valence-electron chi connectivity index (χ3n) is 5.37. The van der Waals surface area contributed by atoms with E-state index in [9.17, 15) is 0 Å². The minimum Gasteiger partial charge on any atom is -0.368 e. The fourth-order valence-corrected chi connectivity index (χ4v) is 4.57. The molecule has 0 saturated carbocycles. The maximum atomic E-state index is 4.69. The van der Waals surface area contributed by atoms with Crippen LogP contribution in [-0.2, 0) is 0 Å². The van der Waals surface area contributed by atoms with Crippen molar-refractivity contribution in [3.8, 4) is 10.6 Å². The first-order valence-electron chi connectivity index (χ1n) is 10.5. The average molecular weight is 424 g/mol. The van der Waals surface area contributed by atoms with E-state index in [1.54, 1.807) is 17.5 Å². The van der Waals surface area contributed by atoms with Crippen LogP contribution < -0.4 is 10.2 Å². The molecule has 0 atom stereocenters. The van der Waals surface area contributed by atoms with Gasteiger partial charge in [0.2, 0.25) is 5.95 Å². The quantitative estimate of drug-likeness (QED) is 0.633. The lowest BCUT2D eigenvalue weighted by Gasteiger charge is -2.35. The SMILES string of the molecule is CCN1CCN(c2ccc(Nc3nccc(-c4sc(C(C)C)nc4C)n3)nc2)CC1. The van der Waals surface area contributed by atoms with Gasteiger partial charge in [-0.2, -0.15) is 0 Å². The summed E-state index contributed by atoms with van der Waals surface area (Å²) in [6.07, 6.45) is 3.70. The number of anilines is 3. The van der Waals surface area contributed by atoms with E-state index in [1.807, 2.05) is 25.3 Å². The Bertz CT molecular complexity index is 975. The van der Waals surface area contributed by atoms with Crippen molar-refractivity contribution in [3.05, 3.63) is 41.3 Å². The van der Waals surface area contributed by atoms with E-state index < -0.39 is 0 Å². The van der Waals surface area contributed by atoms with Gasteiger partial charge in [-0.15, -0.1) is 11.3 Å². The summed E-state index contributed by atoms with van der Waals surface area (Å²) in [5.41, 5.74) is 3.06. The van der Waals surface area contributed by atoms with Crippen molar-refractivity contribution in [2.24, 2.45) is 0 Å². The highest BCUT2D eigenvalue weighted by molar-refractivity contribution is 7.15. The second-order valence-corrected chi connectivity index (χ2v) is 8.87. The molecule has 30 heavy (non-hydrogen) atoms. The van der Waals surface area contributed by atoms with Crippen LogP contribution in [0.25, 0.3) is 10.6 Å². The second-order valence-electron chi connectivity index (χ2n) is 7.83. The van der Waals surface area contributed by atoms with E-state index in [0.717, 1.165) is 65.5 Å². The summed E-state index contributed by atoms with van der Waals surface area (Å²) in [4.78, 5) is 24.3. The molecule has 0 unspecified atom stereocenters. The highest BCUT2D eigenvalue weighted by Gasteiger charge is 2.16. The number of hydrogen-bond acceptors (Lipinski definition) is 8. The van der Waals surface area contributed by atoms with E-state index in [1.165, 1.54) is 0 Å². The van der Waals surface area contributed by atoms with Gasteiger partial charge in [-0.1, -0.05) is 20.8 Å². The minimum absolute atomic E-state index is 0.412. The number of pyridine rings is 1. The smallest absolute Gasteiger partial charge is 0.228 e.